The van der Waals surface area contributed by atoms with Crippen molar-refractivity contribution in [3.63, 3.8) is 0 Å². The van der Waals surface area contributed by atoms with Crippen LogP contribution in [0.5, 0.6) is 0 Å². The van der Waals surface area contributed by atoms with Crippen molar-refractivity contribution in [2.45, 2.75) is 65.6 Å². The van der Waals surface area contributed by atoms with E-state index in [1.54, 1.807) is 4.68 Å². The zero-order chi connectivity index (χ0) is 31.2. The number of hydrogen-bond acceptors (Lipinski definition) is 6. The lowest BCUT2D eigenvalue weighted by atomic mass is 10.0. The molecule has 44 heavy (non-hydrogen) atoms. The lowest BCUT2D eigenvalue weighted by molar-refractivity contribution is -0.129. The molecule has 4 aromatic rings. The quantitative estimate of drug-likeness (QED) is 0.304. The highest BCUT2D eigenvalue weighted by atomic mass is 32.1. The van der Waals surface area contributed by atoms with Crippen LogP contribution in [0.15, 0.2) is 66.7 Å². The molecule has 2 aromatic heterocycles. The minimum atomic E-state index is -0.666. The average molecular weight is 613 g/mol. The van der Waals surface area contributed by atoms with E-state index in [-0.39, 0.29) is 30.1 Å². The summed E-state index contributed by atoms with van der Waals surface area (Å²) in [6.45, 7) is 9.11. The van der Waals surface area contributed by atoms with E-state index >= 15 is 0 Å². The van der Waals surface area contributed by atoms with E-state index in [2.05, 4.69) is 22.8 Å². The third kappa shape index (κ3) is 7.42. The van der Waals surface area contributed by atoms with E-state index in [0.29, 0.717) is 49.0 Å². The highest BCUT2D eigenvalue weighted by Gasteiger charge is 2.28. The number of carbonyl (C=O) groups excluding carboxylic acids is 3. The molecule has 0 saturated heterocycles. The van der Waals surface area contributed by atoms with Crippen molar-refractivity contribution in [3.05, 3.63) is 83.0 Å². The van der Waals surface area contributed by atoms with Crippen LogP contribution in [-0.2, 0) is 16.1 Å². The summed E-state index contributed by atoms with van der Waals surface area (Å²) >= 11 is 1.49. The molecular weight excluding hydrogens is 572 g/mol. The summed E-state index contributed by atoms with van der Waals surface area (Å²) in [5.41, 5.74) is 3.00. The van der Waals surface area contributed by atoms with Crippen molar-refractivity contribution in [1.82, 2.24) is 30.3 Å². The monoisotopic (exact) mass is 612 g/mol. The first-order valence-corrected chi connectivity index (χ1v) is 16.1. The van der Waals surface area contributed by atoms with Crippen molar-refractivity contribution in [2.75, 3.05) is 13.1 Å². The van der Waals surface area contributed by atoms with Gasteiger partial charge in [0.2, 0.25) is 11.8 Å². The van der Waals surface area contributed by atoms with Gasteiger partial charge in [0.15, 0.2) is 5.82 Å². The molecule has 2 aromatic carbocycles. The molecule has 0 aliphatic carbocycles. The first-order chi connectivity index (χ1) is 21.2. The molecular formula is C34H40N6O3S. The topological polar surface area (TPSA) is 109 Å². The Morgan fingerprint density at radius 3 is 2.34 bits per heavy atom. The maximum absolute atomic E-state index is 14.0. The summed E-state index contributed by atoms with van der Waals surface area (Å²) in [6, 6.07) is 20.6. The maximum Gasteiger partial charge on any atom is 0.264 e. The molecule has 5 rings (SSSR count). The fraction of sp³-hybridized carbons (Fsp3) is 0.382. The number of hydrogen-bond donors (Lipinski definition) is 2. The molecule has 0 saturated carbocycles. The Hall–Kier alpha value is -4.31. The Balaban J connectivity index is 1.47. The lowest BCUT2D eigenvalue weighted by Gasteiger charge is -2.25. The number of thiophene rings is 1. The standard InChI is InChI=1S/C34H40N6O3S/c1-22(2)20-27-33(42)35-24(4)32-37-31(26-14-9-6-10-15-26)38-40(32)19-18-39(17-11-16-29(41)36-27)34(43)28-21-23(3)30(44-28)25-12-7-5-8-13-25/h5-10,12-15,21-22,24,27H,11,16-20H2,1-4H3,(H,35,42)(H,36,41)/t24-,27-/m1/s1. The number of amides is 3. The molecule has 3 heterocycles. The minimum Gasteiger partial charge on any atom is -0.345 e. The van der Waals surface area contributed by atoms with Crippen molar-refractivity contribution in [1.29, 1.82) is 0 Å². The Labute approximate surface area is 262 Å². The summed E-state index contributed by atoms with van der Waals surface area (Å²) in [6.07, 6.45) is 1.20. The van der Waals surface area contributed by atoms with E-state index in [9.17, 15) is 14.4 Å². The normalized spacial score (nSPS) is 18.3. The SMILES string of the molecule is Cc1cc(C(=O)N2CCCC(=O)N[C@H](CC(C)C)C(=O)N[C@H](C)c3nc(-c4ccccc4)nn3CC2)sc1-c1ccccc1. The summed E-state index contributed by atoms with van der Waals surface area (Å²) in [7, 11) is 0. The van der Waals surface area contributed by atoms with Gasteiger partial charge >= 0.3 is 0 Å². The molecule has 1 aliphatic heterocycles. The van der Waals surface area contributed by atoms with Gasteiger partial charge in [-0.05, 0) is 49.8 Å². The highest BCUT2D eigenvalue weighted by Crippen LogP contribution is 2.33. The average Bonchev–Trinajstić information content (AvgIpc) is 3.62. The second kappa shape index (κ2) is 14.0. The molecule has 2 atom stereocenters. The number of carbonyl (C=O) groups is 3. The van der Waals surface area contributed by atoms with E-state index in [1.807, 2.05) is 87.2 Å². The number of nitrogens with zero attached hydrogens (tertiary/aromatic N) is 4. The smallest absolute Gasteiger partial charge is 0.264 e. The Morgan fingerprint density at radius 1 is 0.977 bits per heavy atom. The van der Waals surface area contributed by atoms with E-state index in [1.165, 1.54) is 11.3 Å². The van der Waals surface area contributed by atoms with Crippen molar-refractivity contribution in [3.8, 4) is 21.8 Å². The molecule has 10 heteroatoms. The summed E-state index contributed by atoms with van der Waals surface area (Å²) < 4.78 is 1.80. The summed E-state index contributed by atoms with van der Waals surface area (Å²) in [4.78, 5) is 48.7. The van der Waals surface area contributed by atoms with E-state index in [0.717, 1.165) is 21.6 Å². The first kappa shape index (κ1) is 31.1. The van der Waals surface area contributed by atoms with Gasteiger partial charge in [-0.3, -0.25) is 14.4 Å². The Morgan fingerprint density at radius 2 is 1.66 bits per heavy atom. The molecule has 2 N–H and O–H groups in total. The van der Waals surface area contributed by atoms with Crippen molar-refractivity contribution >= 4 is 29.1 Å². The van der Waals surface area contributed by atoms with Crippen LogP contribution in [0, 0.1) is 12.8 Å². The number of aryl methyl sites for hydroxylation is 1. The van der Waals surface area contributed by atoms with Gasteiger partial charge in [0.05, 0.1) is 17.5 Å². The summed E-state index contributed by atoms with van der Waals surface area (Å²) in [5, 5.41) is 10.8. The highest BCUT2D eigenvalue weighted by molar-refractivity contribution is 7.17. The van der Waals surface area contributed by atoms with Crippen LogP contribution >= 0.6 is 11.3 Å². The molecule has 0 fully saturated rings. The maximum atomic E-state index is 14.0. The third-order valence-corrected chi connectivity index (χ3v) is 8.98. The number of nitrogens with one attached hydrogen (secondary N) is 2. The third-order valence-electron chi connectivity index (χ3n) is 7.70. The van der Waals surface area contributed by atoms with Gasteiger partial charge in [-0.2, -0.15) is 5.10 Å². The van der Waals surface area contributed by atoms with Gasteiger partial charge in [0.25, 0.3) is 5.91 Å². The molecule has 9 nitrogen and oxygen atoms in total. The first-order valence-electron chi connectivity index (χ1n) is 15.2. The number of fused-ring (bicyclic) bond motifs is 1. The molecule has 3 amide bonds. The largest absolute Gasteiger partial charge is 0.345 e. The van der Waals surface area contributed by atoms with E-state index in [4.69, 9.17) is 10.1 Å². The molecule has 0 unspecified atom stereocenters. The number of rotatable bonds is 5. The van der Waals surface area contributed by atoms with Crippen LogP contribution in [-0.4, -0.2) is 56.5 Å². The number of benzene rings is 2. The predicted molar refractivity (Wildman–Crippen MR) is 173 cm³/mol. The van der Waals surface area contributed by atoms with Crippen molar-refractivity contribution in [2.24, 2.45) is 5.92 Å². The molecule has 1 aliphatic rings. The number of aromatic nitrogens is 3. The van der Waals surface area contributed by atoms with E-state index < -0.39 is 12.1 Å². The van der Waals surface area contributed by atoms with Crippen LogP contribution in [0.3, 0.4) is 0 Å². The lowest BCUT2D eigenvalue weighted by Crippen LogP contribution is -2.48. The fourth-order valence-corrected chi connectivity index (χ4v) is 6.62. The van der Waals surface area contributed by atoms with Crippen LogP contribution in [0.2, 0.25) is 0 Å². The van der Waals surface area contributed by atoms with Crippen LogP contribution in [0.1, 0.15) is 67.1 Å². The molecule has 0 radical (unpaired) electrons. The van der Waals surface area contributed by atoms with Crippen LogP contribution in [0.4, 0.5) is 0 Å². The van der Waals surface area contributed by atoms with Crippen LogP contribution in [0.25, 0.3) is 21.8 Å². The Bertz CT molecular complexity index is 1600. The second-order valence-corrected chi connectivity index (χ2v) is 12.8. The molecule has 0 bridgehead atoms. The molecule has 0 spiro atoms. The Kier molecular flexibility index (Phi) is 9.89. The second-order valence-electron chi connectivity index (χ2n) is 11.7. The van der Waals surface area contributed by atoms with Gasteiger partial charge in [-0.15, -0.1) is 11.3 Å². The van der Waals surface area contributed by atoms with Crippen LogP contribution < -0.4 is 10.6 Å². The fourth-order valence-electron chi connectivity index (χ4n) is 5.48. The van der Waals surface area contributed by atoms with Gasteiger partial charge in [-0.1, -0.05) is 74.5 Å². The van der Waals surface area contributed by atoms with Crippen molar-refractivity contribution < 1.29 is 14.4 Å². The van der Waals surface area contributed by atoms with Gasteiger partial charge in [-0.25, -0.2) is 9.67 Å². The van der Waals surface area contributed by atoms with Gasteiger partial charge in [0.1, 0.15) is 11.9 Å². The minimum absolute atomic E-state index is 0.0724. The van der Waals surface area contributed by atoms with Gasteiger partial charge in [0, 0.05) is 30.0 Å². The van der Waals surface area contributed by atoms with Gasteiger partial charge < -0.3 is 15.5 Å². The predicted octanol–water partition coefficient (Wildman–Crippen LogP) is 5.63. The zero-order valence-corrected chi connectivity index (χ0v) is 26.6. The zero-order valence-electron chi connectivity index (χ0n) is 25.7. The molecule has 230 valence electrons. The summed E-state index contributed by atoms with van der Waals surface area (Å²) in [5.74, 6) is 0.836.